The van der Waals surface area contributed by atoms with Crippen molar-refractivity contribution in [3.8, 4) is 0 Å². The highest BCUT2D eigenvalue weighted by molar-refractivity contribution is 4.75. The van der Waals surface area contributed by atoms with Crippen molar-refractivity contribution >= 4 is 0 Å². The summed E-state index contributed by atoms with van der Waals surface area (Å²) >= 11 is 0. The van der Waals surface area contributed by atoms with E-state index in [2.05, 4.69) is 9.97 Å². The highest BCUT2D eigenvalue weighted by atomic mass is 16.6. The number of nitrogens with one attached hydrogen (secondary N) is 1. The van der Waals surface area contributed by atoms with Gasteiger partial charge in [-0.3, -0.25) is 0 Å². The predicted molar refractivity (Wildman–Crippen MR) is 46.5 cm³/mol. The summed E-state index contributed by atoms with van der Waals surface area (Å²) in [6.45, 7) is 3.11. The molecule has 5 nitrogen and oxygen atoms in total. The van der Waals surface area contributed by atoms with Crippen LogP contribution in [-0.2, 0) is 9.47 Å². The highest BCUT2D eigenvalue weighted by Crippen LogP contribution is 1.85. The summed E-state index contributed by atoms with van der Waals surface area (Å²) in [6.07, 6.45) is 2.98. The van der Waals surface area contributed by atoms with Crippen LogP contribution in [0.3, 0.4) is 0 Å². The number of ether oxygens (including phenoxy) is 2. The molecule has 1 saturated heterocycles. The lowest BCUT2D eigenvalue weighted by atomic mass is 10.6. The Balaban J connectivity index is 0.000000132. The zero-order chi connectivity index (χ0) is 9.36. The molecule has 1 aromatic rings. The second-order valence-electron chi connectivity index (χ2n) is 2.31. The van der Waals surface area contributed by atoms with Crippen molar-refractivity contribution in [2.75, 3.05) is 26.4 Å². The fourth-order valence-corrected chi connectivity index (χ4v) is 0.750. The fraction of sp³-hybridized carbons (Fsp3) is 0.500. The average Bonchev–Trinajstić information content (AvgIpc) is 2.22. The smallest absolute Gasteiger partial charge is 0.344 e. The van der Waals surface area contributed by atoms with Gasteiger partial charge in [-0.25, -0.2) is 9.78 Å². The molecule has 0 spiro atoms. The Labute approximate surface area is 75.7 Å². The standard InChI is InChI=1S/C4H4N2O.C4H8O2/c7-4-5-2-1-3-6-4;1-2-6-4-3-5-1/h1-3H,(H,5,6,7);1-4H2. The first-order chi connectivity index (χ1) is 6.39. The third-order valence-electron chi connectivity index (χ3n) is 1.32. The van der Waals surface area contributed by atoms with Crippen molar-refractivity contribution in [1.29, 1.82) is 0 Å². The molecule has 2 heterocycles. The van der Waals surface area contributed by atoms with Gasteiger partial charge in [0, 0.05) is 12.4 Å². The lowest BCUT2D eigenvalue weighted by Crippen LogP contribution is -2.16. The molecule has 1 aliphatic rings. The van der Waals surface area contributed by atoms with E-state index in [0.717, 1.165) is 26.4 Å². The van der Waals surface area contributed by atoms with Crippen LogP contribution in [0, 0.1) is 0 Å². The van der Waals surface area contributed by atoms with E-state index in [-0.39, 0.29) is 5.69 Å². The number of nitrogens with zero attached hydrogens (tertiary/aromatic N) is 1. The molecular weight excluding hydrogens is 172 g/mol. The minimum atomic E-state index is -0.303. The summed E-state index contributed by atoms with van der Waals surface area (Å²) in [5.41, 5.74) is -0.303. The van der Waals surface area contributed by atoms with E-state index >= 15 is 0 Å². The van der Waals surface area contributed by atoms with Crippen LogP contribution < -0.4 is 5.69 Å². The quantitative estimate of drug-likeness (QED) is 0.606. The Morgan fingerprint density at radius 3 is 2.08 bits per heavy atom. The van der Waals surface area contributed by atoms with Gasteiger partial charge in [0.05, 0.1) is 26.4 Å². The molecule has 5 heteroatoms. The Morgan fingerprint density at radius 2 is 1.85 bits per heavy atom. The lowest BCUT2D eigenvalue weighted by Gasteiger charge is -2.09. The molecule has 0 aliphatic carbocycles. The molecular formula is C8H12N2O3. The van der Waals surface area contributed by atoms with Crippen molar-refractivity contribution in [3.05, 3.63) is 28.9 Å². The molecule has 0 amide bonds. The Bertz CT molecular complexity index is 241. The molecule has 0 atom stereocenters. The van der Waals surface area contributed by atoms with E-state index in [1.54, 1.807) is 6.07 Å². The first-order valence-corrected chi connectivity index (χ1v) is 4.05. The van der Waals surface area contributed by atoms with Gasteiger partial charge in [-0.15, -0.1) is 0 Å². The van der Waals surface area contributed by atoms with Crippen LogP contribution in [0.5, 0.6) is 0 Å². The van der Waals surface area contributed by atoms with E-state index in [9.17, 15) is 4.79 Å². The SMILES string of the molecule is C1COCCO1.O=c1nccc[nH]1. The van der Waals surface area contributed by atoms with Gasteiger partial charge in [0.15, 0.2) is 0 Å². The first-order valence-electron chi connectivity index (χ1n) is 4.05. The van der Waals surface area contributed by atoms with Gasteiger partial charge < -0.3 is 14.5 Å². The number of rotatable bonds is 0. The fourth-order valence-electron chi connectivity index (χ4n) is 0.750. The van der Waals surface area contributed by atoms with Crippen molar-refractivity contribution in [2.45, 2.75) is 0 Å². The van der Waals surface area contributed by atoms with Gasteiger partial charge in [-0.05, 0) is 6.07 Å². The van der Waals surface area contributed by atoms with Crippen molar-refractivity contribution in [3.63, 3.8) is 0 Å². The minimum absolute atomic E-state index is 0.303. The molecule has 0 bridgehead atoms. The number of hydrogen-bond donors (Lipinski definition) is 1. The van der Waals surface area contributed by atoms with E-state index in [1.807, 2.05) is 0 Å². The molecule has 1 fully saturated rings. The van der Waals surface area contributed by atoms with Gasteiger partial charge in [0.2, 0.25) is 0 Å². The van der Waals surface area contributed by atoms with Crippen molar-refractivity contribution in [2.24, 2.45) is 0 Å². The molecule has 2 rings (SSSR count). The van der Waals surface area contributed by atoms with Gasteiger partial charge in [-0.1, -0.05) is 0 Å². The van der Waals surface area contributed by atoms with E-state index in [4.69, 9.17) is 9.47 Å². The topological polar surface area (TPSA) is 64.2 Å². The zero-order valence-electron chi connectivity index (χ0n) is 7.23. The predicted octanol–water partition coefficient (Wildman–Crippen LogP) is -0.197. The van der Waals surface area contributed by atoms with Crippen molar-refractivity contribution < 1.29 is 9.47 Å². The summed E-state index contributed by atoms with van der Waals surface area (Å²) in [5, 5.41) is 0. The number of H-pyrrole nitrogens is 1. The average molecular weight is 184 g/mol. The first kappa shape index (κ1) is 9.88. The van der Waals surface area contributed by atoms with E-state index < -0.39 is 0 Å². The maximum atomic E-state index is 10.1. The van der Waals surface area contributed by atoms with Crippen molar-refractivity contribution in [1.82, 2.24) is 9.97 Å². The summed E-state index contributed by atoms with van der Waals surface area (Å²) in [6, 6.07) is 1.65. The maximum absolute atomic E-state index is 10.1. The minimum Gasteiger partial charge on any atom is -0.377 e. The van der Waals surface area contributed by atoms with Crippen LogP contribution in [0.25, 0.3) is 0 Å². The maximum Gasteiger partial charge on any atom is 0.344 e. The van der Waals surface area contributed by atoms with Crippen LogP contribution in [-0.4, -0.2) is 36.4 Å². The largest absolute Gasteiger partial charge is 0.377 e. The Morgan fingerprint density at radius 1 is 1.23 bits per heavy atom. The molecule has 72 valence electrons. The van der Waals surface area contributed by atoms with Crippen LogP contribution in [0.2, 0.25) is 0 Å². The van der Waals surface area contributed by atoms with Crippen LogP contribution in [0.4, 0.5) is 0 Å². The molecule has 1 N–H and O–H groups in total. The summed E-state index contributed by atoms with van der Waals surface area (Å²) in [5.74, 6) is 0. The molecule has 13 heavy (non-hydrogen) atoms. The monoisotopic (exact) mass is 184 g/mol. The number of aromatic amines is 1. The summed E-state index contributed by atoms with van der Waals surface area (Å²) in [4.78, 5) is 15.8. The van der Waals surface area contributed by atoms with Gasteiger partial charge in [0.1, 0.15) is 0 Å². The Kier molecular flexibility index (Phi) is 4.81. The van der Waals surface area contributed by atoms with Crippen LogP contribution >= 0.6 is 0 Å². The van der Waals surface area contributed by atoms with Crippen LogP contribution in [0.15, 0.2) is 23.3 Å². The normalized spacial score (nSPS) is 15.7. The van der Waals surface area contributed by atoms with Gasteiger partial charge >= 0.3 is 5.69 Å². The third-order valence-corrected chi connectivity index (χ3v) is 1.32. The molecule has 0 aromatic carbocycles. The molecule has 1 aromatic heterocycles. The second kappa shape index (κ2) is 6.33. The summed E-state index contributed by atoms with van der Waals surface area (Å²) in [7, 11) is 0. The van der Waals surface area contributed by atoms with E-state index in [0.29, 0.717) is 0 Å². The Hall–Kier alpha value is -1.20. The van der Waals surface area contributed by atoms with Gasteiger partial charge in [0.25, 0.3) is 0 Å². The summed E-state index contributed by atoms with van der Waals surface area (Å²) < 4.78 is 9.89. The molecule has 0 saturated carbocycles. The molecule has 0 unspecified atom stereocenters. The molecule has 1 aliphatic heterocycles. The van der Waals surface area contributed by atoms with Crippen LogP contribution in [0.1, 0.15) is 0 Å². The number of aromatic nitrogens is 2. The highest BCUT2D eigenvalue weighted by Gasteiger charge is 1.94. The zero-order valence-corrected chi connectivity index (χ0v) is 7.23. The molecule has 0 radical (unpaired) electrons. The van der Waals surface area contributed by atoms with E-state index in [1.165, 1.54) is 12.4 Å². The third kappa shape index (κ3) is 5.10. The second-order valence-corrected chi connectivity index (χ2v) is 2.31. The van der Waals surface area contributed by atoms with Gasteiger partial charge in [-0.2, -0.15) is 0 Å². The lowest BCUT2D eigenvalue weighted by molar-refractivity contribution is -0.0334. The number of hydrogen-bond acceptors (Lipinski definition) is 4.